The van der Waals surface area contributed by atoms with Gasteiger partial charge in [0.25, 0.3) is 0 Å². The van der Waals surface area contributed by atoms with E-state index < -0.39 is 0 Å². The van der Waals surface area contributed by atoms with Gasteiger partial charge in [0.2, 0.25) is 0 Å². The summed E-state index contributed by atoms with van der Waals surface area (Å²) in [7, 11) is 0. The molecule has 0 saturated carbocycles. The SMILES string of the molecule is CCOc1ccccc1C=CCNC(C)(C)C. The number of hydrogen-bond acceptors (Lipinski definition) is 2. The number of hydrogen-bond donors (Lipinski definition) is 1. The summed E-state index contributed by atoms with van der Waals surface area (Å²) in [6, 6.07) is 8.09. The quantitative estimate of drug-likeness (QED) is 0.840. The Morgan fingerprint density at radius 2 is 1.94 bits per heavy atom. The van der Waals surface area contributed by atoms with E-state index in [1.54, 1.807) is 0 Å². The maximum absolute atomic E-state index is 5.56. The molecule has 0 saturated heterocycles. The summed E-state index contributed by atoms with van der Waals surface area (Å²) in [6.07, 6.45) is 4.23. The maximum Gasteiger partial charge on any atom is 0.126 e. The zero-order valence-electron chi connectivity index (χ0n) is 11.3. The Balaban J connectivity index is 2.58. The molecule has 0 aliphatic rings. The molecular weight excluding hydrogens is 210 g/mol. The normalized spacial score (nSPS) is 12.0. The average molecular weight is 233 g/mol. The minimum atomic E-state index is 0.157. The van der Waals surface area contributed by atoms with Crippen LogP contribution in [0, 0.1) is 0 Å². The first-order valence-corrected chi connectivity index (χ1v) is 6.16. The number of benzene rings is 1. The Labute approximate surface area is 105 Å². The Hall–Kier alpha value is -1.28. The lowest BCUT2D eigenvalue weighted by molar-refractivity contribution is 0.339. The standard InChI is InChI=1S/C15H23NO/c1-5-17-14-11-7-6-9-13(14)10-8-12-16-15(2,3)4/h6-11,16H,5,12H2,1-4H3. The summed E-state index contributed by atoms with van der Waals surface area (Å²) in [5.41, 5.74) is 1.29. The van der Waals surface area contributed by atoms with Crippen molar-refractivity contribution in [3.8, 4) is 5.75 Å². The molecule has 1 rings (SSSR count). The van der Waals surface area contributed by atoms with Gasteiger partial charge in [-0.25, -0.2) is 0 Å². The fourth-order valence-electron chi connectivity index (χ4n) is 1.46. The number of para-hydroxylation sites is 1. The predicted molar refractivity (Wildman–Crippen MR) is 74.4 cm³/mol. The first kappa shape index (κ1) is 13.8. The molecule has 0 spiro atoms. The van der Waals surface area contributed by atoms with Crippen molar-refractivity contribution in [1.82, 2.24) is 5.32 Å². The van der Waals surface area contributed by atoms with Crippen molar-refractivity contribution in [2.75, 3.05) is 13.2 Å². The highest BCUT2D eigenvalue weighted by Crippen LogP contribution is 2.19. The zero-order valence-corrected chi connectivity index (χ0v) is 11.3. The maximum atomic E-state index is 5.56. The van der Waals surface area contributed by atoms with Crippen LogP contribution in [0.15, 0.2) is 30.3 Å². The highest BCUT2D eigenvalue weighted by Gasteiger charge is 2.05. The molecule has 2 heteroatoms. The highest BCUT2D eigenvalue weighted by molar-refractivity contribution is 5.57. The van der Waals surface area contributed by atoms with E-state index in [9.17, 15) is 0 Å². The van der Waals surface area contributed by atoms with E-state index in [0.717, 1.165) is 17.9 Å². The second-order valence-electron chi connectivity index (χ2n) is 5.00. The van der Waals surface area contributed by atoms with Gasteiger partial charge in [-0.1, -0.05) is 30.4 Å². The van der Waals surface area contributed by atoms with E-state index in [1.165, 1.54) is 0 Å². The van der Waals surface area contributed by atoms with Crippen LogP contribution in [0.5, 0.6) is 5.75 Å². The largest absolute Gasteiger partial charge is 0.493 e. The molecule has 2 nitrogen and oxygen atoms in total. The smallest absolute Gasteiger partial charge is 0.126 e. The van der Waals surface area contributed by atoms with E-state index in [2.05, 4.69) is 44.3 Å². The Kier molecular flexibility index (Phi) is 5.23. The van der Waals surface area contributed by atoms with Gasteiger partial charge in [0, 0.05) is 17.6 Å². The average Bonchev–Trinajstić information content (AvgIpc) is 2.25. The summed E-state index contributed by atoms with van der Waals surface area (Å²) < 4.78 is 5.56. The molecule has 0 heterocycles. The fourth-order valence-corrected chi connectivity index (χ4v) is 1.46. The predicted octanol–water partition coefficient (Wildman–Crippen LogP) is 3.49. The second kappa shape index (κ2) is 6.45. The van der Waals surface area contributed by atoms with Gasteiger partial charge in [-0.05, 0) is 33.8 Å². The minimum absolute atomic E-state index is 0.157. The van der Waals surface area contributed by atoms with Crippen LogP contribution in [0.4, 0.5) is 0 Å². The van der Waals surface area contributed by atoms with E-state index in [4.69, 9.17) is 4.74 Å². The van der Waals surface area contributed by atoms with Gasteiger partial charge in [0.15, 0.2) is 0 Å². The Morgan fingerprint density at radius 1 is 1.24 bits per heavy atom. The number of ether oxygens (including phenoxy) is 1. The molecule has 0 amide bonds. The molecule has 0 fully saturated rings. The van der Waals surface area contributed by atoms with Gasteiger partial charge >= 0.3 is 0 Å². The van der Waals surface area contributed by atoms with Crippen molar-refractivity contribution in [2.24, 2.45) is 0 Å². The zero-order chi connectivity index (χ0) is 12.7. The number of rotatable bonds is 5. The van der Waals surface area contributed by atoms with Crippen LogP contribution >= 0.6 is 0 Å². The van der Waals surface area contributed by atoms with Gasteiger partial charge in [-0.2, -0.15) is 0 Å². The first-order valence-electron chi connectivity index (χ1n) is 6.16. The fraction of sp³-hybridized carbons (Fsp3) is 0.467. The second-order valence-corrected chi connectivity index (χ2v) is 5.00. The summed E-state index contributed by atoms with van der Waals surface area (Å²) in [4.78, 5) is 0. The molecule has 0 atom stereocenters. The van der Waals surface area contributed by atoms with Crippen molar-refractivity contribution in [3.63, 3.8) is 0 Å². The monoisotopic (exact) mass is 233 g/mol. The lowest BCUT2D eigenvalue weighted by atomic mass is 10.1. The van der Waals surface area contributed by atoms with Crippen molar-refractivity contribution >= 4 is 6.08 Å². The first-order chi connectivity index (χ1) is 8.03. The van der Waals surface area contributed by atoms with Crippen molar-refractivity contribution in [3.05, 3.63) is 35.9 Å². The van der Waals surface area contributed by atoms with Crippen LogP contribution in [0.25, 0.3) is 6.08 Å². The van der Waals surface area contributed by atoms with Crippen LogP contribution in [0.1, 0.15) is 33.3 Å². The highest BCUT2D eigenvalue weighted by atomic mass is 16.5. The lowest BCUT2D eigenvalue weighted by Gasteiger charge is -2.18. The molecule has 0 aromatic heterocycles. The Bertz CT molecular complexity index is 363. The van der Waals surface area contributed by atoms with Gasteiger partial charge < -0.3 is 10.1 Å². The molecule has 94 valence electrons. The third kappa shape index (κ3) is 5.55. The molecule has 1 aromatic rings. The summed E-state index contributed by atoms with van der Waals surface area (Å²) in [5.74, 6) is 0.946. The molecule has 0 bridgehead atoms. The van der Waals surface area contributed by atoms with E-state index in [-0.39, 0.29) is 5.54 Å². The topological polar surface area (TPSA) is 21.3 Å². The molecular formula is C15H23NO. The van der Waals surface area contributed by atoms with E-state index in [0.29, 0.717) is 6.61 Å². The molecule has 1 aromatic carbocycles. The van der Waals surface area contributed by atoms with Crippen LogP contribution in [0.2, 0.25) is 0 Å². The molecule has 0 aliphatic carbocycles. The van der Waals surface area contributed by atoms with Crippen molar-refractivity contribution in [1.29, 1.82) is 0 Å². The van der Waals surface area contributed by atoms with E-state index >= 15 is 0 Å². The third-order valence-electron chi connectivity index (χ3n) is 2.27. The summed E-state index contributed by atoms with van der Waals surface area (Å²) in [5, 5.41) is 3.42. The molecule has 1 N–H and O–H groups in total. The van der Waals surface area contributed by atoms with Crippen molar-refractivity contribution in [2.45, 2.75) is 33.2 Å². The molecule has 0 unspecified atom stereocenters. The van der Waals surface area contributed by atoms with Crippen LogP contribution < -0.4 is 10.1 Å². The van der Waals surface area contributed by atoms with Crippen LogP contribution in [-0.4, -0.2) is 18.7 Å². The van der Waals surface area contributed by atoms with Crippen molar-refractivity contribution < 1.29 is 4.74 Å². The molecule has 17 heavy (non-hydrogen) atoms. The Morgan fingerprint density at radius 3 is 2.59 bits per heavy atom. The third-order valence-corrected chi connectivity index (χ3v) is 2.27. The molecule has 0 aliphatic heterocycles. The van der Waals surface area contributed by atoms with Gasteiger partial charge in [-0.15, -0.1) is 0 Å². The summed E-state index contributed by atoms with van der Waals surface area (Å²) >= 11 is 0. The summed E-state index contributed by atoms with van der Waals surface area (Å²) in [6.45, 7) is 10.1. The lowest BCUT2D eigenvalue weighted by Crippen LogP contribution is -2.35. The minimum Gasteiger partial charge on any atom is -0.493 e. The van der Waals surface area contributed by atoms with E-state index in [1.807, 2.05) is 25.1 Å². The number of nitrogens with one attached hydrogen (secondary N) is 1. The van der Waals surface area contributed by atoms with Gasteiger partial charge in [-0.3, -0.25) is 0 Å². The van der Waals surface area contributed by atoms with Crippen LogP contribution in [0.3, 0.4) is 0 Å². The van der Waals surface area contributed by atoms with Gasteiger partial charge in [0.1, 0.15) is 5.75 Å². The van der Waals surface area contributed by atoms with Crippen LogP contribution in [-0.2, 0) is 0 Å². The van der Waals surface area contributed by atoms with Gasteiger partial charge in [0.05, 0.1) is 6.61 Å². The molecule has 0 radical (unpaired) electrons.